The third kappa shape index (κ3) is 4.39. The lowest BCUT2D eigenvalue weighted by Gasteiger charge is -2.39. The van der Waals surface area contributed by atoms with E-state index in [0.29, 0.717) is 6.42 Å². The van der Waals surface area contributed by atoms with Gasteiger partial charge < -0.3 is 15.7 Å². The van der Waals surface area contributed by atoms with Crippen molar-refractivity contribution in [1.29, 1.82) is 0 Å². The summed E-state index contributed by atoms with van der Waals surface area (Å²) in [6.07, 6.45) is 5.07. The molecule has 0 heterocycles. The Morgan fingerprint density at radius 3 is 2.50 bits per heavy atom. The van der Waals surface area contributed by atoms with Crippen molar-refractivity contribution < 1.29 is 14.7 Å². The van der Waals surface area contributed by atoms with Gasteiger partial charge in [0.2, 0.25) is 0 Å². The molecule has 0 saturated heterocycles. The second-order valence-corrected chi connectivity index (χ2v) is 6.61. The Labute approximate surface area is 121 Å². The van der Waals surface area contributed by atoms with Gasteiger partial charge in [-0.2, -0.15) is 0 Å². The Balaban J connectivity index is 2.59. The van der Waals surface area contributed by atoms with Crippen LogP contribution in [0, 0.1) is 11.3 Å². The summed E-state index contributed by atoms with van der Waals surface area (Å²) in [6, 6.07) is -1.08. The van der Waals surface area contributed by atoms with Crippen LogP contribution in [0.2, 0.25) is 0 Å². The minimum atomic E-state index is -0.975. The van der Waals surface area contributed by atoms with E-state index in [9.17, 15) is 14.7 Å². The molecule has 1 saturated carbocycles. The predicted octanol–water partition coefficient (Wildman–Crippen LogP) is 2.75. The van der Waals surface area contributed by atoms with E-state index in [2.05, 4.69) is 24.5 Å². The molecular formula is C15H28N2O3. The average Bonchev–Trinajstić information content (AvgIpc) is 2.37. The summed E-state index contributed by atoms with van der Waals surface area (Å²) < 4.78 is 0. The molecule has 1 aliphatic rings. The van der Waals surface area contributed by atoms with Crippen LogP contribution in [0.15, 0.2) is 0 Å². The summed E-state index contributed by atoms with van der Waals surface area (Å²) in [6.45, 7) is 8.06. The van der Waals surface area contributed by atoms with E-state index in [-0.39, 0.29) is 23.4 Å². The third-order valence-electron chi connectivity index (χ3n) is 4.58. The van der Waals surface area contributed by atoms with Gasteiger partial charge in [0.25, 0.3) is 0 Å². The van der Waals surface area contributed by atoms with Gasteiger partial charge in [0.05, 0.1) is 0 Å². The second kappa shape index (κ2) is 6.95. The molecule has 0 aromatic heterocycles. The molecule has 1 rings (SSSR count). The maximum absolute atomic E-state index is 12.0. The van der Waals surface area contributed by atoms with Crippen LogP contribution in [-0.4, -0.2) is 29.2 Å². The highest BCUT2D eigenvalue weighted by Crippen LogP contribution is 2.35. The quantitative estimate of drug-likeness (QED) is 0.726. The zero-order valence-corrected chi connectivity index (χ0v) is 13.0. The maximum Gasteiger partial charge on any atom is 0.326 e. The summed E-state index contributed by atoms with van der Waals surface area (Å²) in [5, 5.41) is 14.8. The fourth-order valence-electron chi connectivity index (χ4n) is 2.79. The molecule has 0 bridgehead atoms. The summed E-state index contributed by atoms with van der Waals surface area (Å²) in [4.78, 5) is 23.3. The molecule has 116 valence electrons. The smallest absolute Gasteiger partial charge is 0.326 e. The number of carboxylic acids is 1. The van der Waals surface area contributed by atoms with E-state index in [1.807, 2.05) is 13.8 Å². The molecule has 5 heteroatoms. The number of urea groups is 1. The Hall–Kier alpha value is -1.26. The topological polar surface area (TPSA) is 78.4 Å². The molecular weight excluding hydrogens is 256 g/mol. The standard InChI is InChI=1S/C15H28N2O3/c1-5-10(2)12(13(18)19)17-14(20)16-11-8-6-7-9-15(11,3)4/h10-12H,5-9H2,1-4H3,(H,18,19)(H2,16,17,20)/t10-,11?,12-/m0/s1. The fourth-order valence-corrected chi connectivity index (χ4v) is 2.79. The zero-order chi connectivity index (χ0) is 15.3. The van der Waals surface area contributed by atoms with Gasteiger partial charge in [-0.3, -0.25) is 0 Å². The lowest BCUT2D eigenvalue weighted by molar-refractivity contribution is -0.140. The third-order valence-corrected chi connectivity index (χ3v) is 4.58. The summed E-state index contributed by atoms with van der Waals surface area (Å²) in [5.74, 6) is -1.06. The summed E-state index contributed by atoms with van der Waals surface area (Å²) >= 11 is 0. The minimum absolute atomic E-state index is 0.0741. The van der Waals surface area contributed by atoms with Gasteiger partial charge >= 0.3 is 12.0 Å². The van der Waals surface area contributed by atoms with Crippen molar-refractivity contribution in [2.45, 2.75) is 71.9 Å². The van der Waals surface area contributed by atoms with Gasteiger partial charge in [-0.25, -0.2) is 9.59 Å². The van der Waals surface area contributed by atoms with Crippen LogP contribution in [0.3, 0.4) is 0 Å². The predicted molar refractivity (Wildman–Crippen MR) is 78.6 cm³/mol. The number of carboxylic acid groups (broad SMARTS) is 1. The largest absolute Gasteiger partial charge is 0.480 e. The number of aliphatic carboxylic acids is 1. The molecule has 0 aliphatic heterocycles. The monoisotopic (exact) mass is 284 g/mol. The number of carbonyl (C=O) groups is 2. The van der Waals surface area contributed by atoms with Crippen LogP contribution in [0.4, 0.5) is 4.79 Å². The Bertz CT molecular complexity index is 355. The molecule has 0 spiro atoms. The van der Waals surface area contributed by atoms with Crippen molar-refractivity contribution in [3.8, 4) is 0 Å². The number of amides is 2. The first-order valence-corrected chi connectivity index (χ1v) is 7.57. The van der Waals surface area contributed by atoms with E-state index in [0.717, 1.165) is 19.3 Å². The first-order chi connectivity index (χ1) is 9.27. The molecule has 2 amide bonds. The highest BCUT2D eigenvalue weighted by Gasteiger charge is 2.34. The Morgan fingerprint density at radius 1 is 1.35 bits per heavy atom. The molecule has 0 aromatic rings. The van der Waals surface area contributed by atoms with Gasteiger partial charge in [-0.1, -0.05) is 47.0 Å². The van der Waals surface area contributed by atoms with Crippen LogP contribution in [0.5, 0.6) is 0 Å². The SMILES string of the molecule is CC[C@H](C)[C@H](NC(=O)NC1CCCCC1(C)C)C(=O)O. The normalized spacial score (nSPS) is 24.5. The van der Waals surface area contributed by atoms with Crippen molar-refractivity contribution in [3.63, 3.8) is 0 Å². The van der Waals surface area contributed by atoms with Crippen molar-refractivity contribution in [1.82, 2.24) is 10.6 Å². The van der Waals surface area contributed by atoms with Crippen LogP contribution in [0.25, 0.3) is 0 Å². The van der Waals surface area contributed by atoms with Crippen LogP contribution < -0.4 is 10.6 Å². The van der Waals surface area contributed by atoms with Crippen LogP contribution >= 0.6 is 0 Å². The van der Waals surface area contributed by atoms with Crippen LogP contribution in [-0.2, 0) is 4.79 Å². The van der Waals surface area contributed by atoms with Gasteiger partial charge in [0.1, 0.15) is 6.04 Å². The number of carbonyl (C=O) groups excluding carboxylic acids is 1. The lowest BCUT2D eigenvalue weighted by Crippen LogP contribution is -2.54. The van der Waals surface area contributed by atoms with Crippen molar-refractivity contribution in [3.05, 3.63) is 0 Å². The van der Waals surface area contributed by atoms with E-state index < -0.39 is 12.0 Å². The number of hydrogen-bond donors (Lipinski definition) is 3. The van der Waals surface area contributed by atoms with Crippen molar-refractivity contribution in [2.75, 3.05) is 0 Å². The van der Waals surface area contributed by atoms with E-state index in [4.69, 9.17) is 0 Å². The molecule has 3 N–H and O–H groups in total. The maximum atomic E-state index is 12.0. The highest BCUT2D eigenvalue weighted by molar-refractivity contribution is 5.82. The highest BCUT2D eigenvalue weighted by atomic mass is 16.4. The zero-order valence-electron chi connectivity index (χ0n) is 13.0. The molecule has 0 aromatic carbocycles. The van der Waals surface area contributed by atoms with E-state index >= 15 is 0 Å². The van der Waals surface area contributed by atoms with Crippen molar-refractivity contribution >= 4 is 12.0 Å². The molecule has 3 atom stereocenters. The molecule has 1 fully saturated rings. The molecule has 0 radical (unpaired) electrons. The van der Waals surface area contributed by atoms with Gasteiger partial charge in [0.15, 0.2) is 0 Å². The molecule has 1 aliphatic carbocycles. The lowest BCUT2D eigenvalue weighted by atomic mass is 9.73. The molecule has 5 nitrogen and oxygen atoms in total. The first-order valence-electron chi connectivity index (χ1n) is 7.57. The Morgan fingerprint density at radius 2 is 2.00 bits per heavy atom. The second-order valence-electron chi connectivity index (χ2n) is 6.61. The molecule has 1 unspecified atom stereocenters. The fraction of sp³-hybridized carbons (Fsp3) is 0.867. The number of nitrogens with one attached hydrogen (secondary N) is 2. The van der Waals surface area contributed by atoms with Gasteiger partial charge in [0, 0.05) is 6.04 Å². The van der Waals surface area contributed by atoms with E-state index in [1.54, 1.807) is 0 Å². The average molecular weight is 284 g/mol. The number of rotatable bonds is 5. The Kier molecular flexibility index (Phi) is 5.84. The number of hydrogen-bond acceptors (Lipinski definition) is 2. The van der Waals surface area contributed by atoms with Gasteiger partial charge in [-0.05, 0) is 24.2 Å². The minimum Gasteiger partial charge on any atom is -0.480 e. The van der Waals surface area contributed by atoms with E-state index in [1.165, 1.54) is 6.42 Å². The van der Waals surface area contributed by atoms with Gasteiger partial charge in [-0.15, -0.1) is 0 Å². The summed E-state index contributed by atoms with van der Waals surface area (Å²) in [5.41, 5.74) is 0.0741. The van der Waals surface area contributed by atoms with Crippen LogP contribution in [0.1, 0.15) is 59.8 Å². The molecule has 20 heavy (non-hydrogen) atoms. The first kappa shape index (κ1) is 16.8. The summed E-state index contributed by atoms with van der Waals surface area (Å²) in [7, 11) is 0. The van der Waals surface area contributed by atoms with Crippen molar-refractivity contribution in [2.24, 2.45) is 11.3 Å².